The van der Waals surface area contributed by atoms with Gasteiger partial charge in [0.25, 0.3) is 0 Å². The van der Waals surface area contributed by atoms with Crippen molar-refractivity contribution in [2.75, 3.05) is 13.1 Å². The maximum Gasteiger partial charge on any atom is 0.0580 e. The van der Waals surface area contributed by atoms with E-state index in [9.17, 15) is 0 Å². The van der Waals surface area contributed by atoms with Crippen LogP contribution in [-0.2, 0) is 6.54 Å². The van der Waals surface area contributed by atoms with Gasteiger partial charge in [-0.3, -0.25) is 0 Å². The Morgan fingerprint density at radius 2 is 2.06 bits per heavy atom. The number of benzene rings is 1. The molecule has 80 valence electrons. The van der Waals surface area contributed by atoms with Crippen molar-refractivity contribution in [1.29, 1.82) is 0 Å². The summed E-state index contributed by atoms with van der Waals surface area (Å²) in [4.78, 5) is 0. The third kappa shape index (κ3) is 2.64. The summed E-state index contributed by atoms with van der Waals surface area (Å²) in [6.07, 6.45) is 0.855. The average Bonchev–Trinajstić information content (AvgIpc) is 2.34. The van der Waals surface area contributed by atoms with Gasteiger partial charge in [-0.15, -0.1) is 0 Å². The monoisotopic (exact) mass is 210 g/mol. The van der Waals surface area contributed by atoms with Crippen LogP contribution >= 0.6 is 0 Å². The van der Waals surface area contributed by atoms with E-state index in [4.69, 9.17) is 5.73 Å². The number of nitrogens with two attached hydrogens (primary N) is 1. The van der Waals surface area contributed by atoms with Gasteiger partial charge in [0.1, 0.15) is 0 Å². The zero-order valence-electron chi connectivity index (χ0n) is 9.14. The molecule has 0 aromatic heterocycles. The van der Waals surface area contributed by atoms with Crippen molar-refractivity contribution in [2.45, 2.75) is 13.0 Å². The molecule has 1 aliphatic heterocycles. The van der Waals surface area contributed by atoms with Gasteiger partial charge in [0, 0.05) is 30.6 Å². The molecule has 3 N–H and O–H groups in total. The Morgan fingerprint density at radius 1 is 1.19 bits per heavy atom. The molecule has 0 amide bonds. The summed E-state index contributed by atoms with van der Waals surface area (Å²) in [5.41, 5.74) is 8.71. The van der Waals surface area contributed by atoms with Gasteiger partial charge in [0.05, 0.1) is 6.54 Å². The minimum atomic E-state index is 0.546. The summed E-state index contributed by atoms with van der Waals surface area (Å²) in [5.74, 6) is 12.5. The van der Waals surface area contributed by atoms with Crippen molar-refractivity contribution in [3.63, 3.8) is 0 Å². The van der Waals surface area contributed by atoms with E-state index in [-0.39, 0.29) is 0 Å². The zero-order chi connectivity index (χ0) is 11.2. The second kappa shape index (κ2) is 5.37. The zero-order valence-corrected chi connectivity index (χ0v) is 9.14. The number of hydrogen-bond donors (Lipinski definition) is 2. The molecule has 1 heterocycles. The predicted octanol–water partition coefficient (Wildman–Crippen LogP) is 0.842. The van der Waals surface area contributed by atoms with Crippen LogP contribution in [0.2, 0.25) is 0 Å². The van der Waals surface area contributed by atoms with Crippen LogP contribution in [-0.4, -0.2) is 13.1 Å². The van der Waals surface area contributed by atoms with Crippen LogP contribution < -0.4 is 11.1 Å². The highest BCUT2D eigenvalue weighted by molar-refractivity contribution is 5.52. The molecular formula is C14H14N2. The summed E-state index contributed by atoms with van der Waals surface area (Å²) >= 11 is 0. The Kier molecular flexibility index (Phi) is 3.62. The maximum atomic E-state index is 5.61. The minimum absolute atomic E-state index is 0.546. The number of nitrogens with one attached hydrogen (secondary N) is 1. The molecule has 1 aromatic carbocycles. The smallest absolute Gasteiger partial charge is 0.0580 e. The molecule has 0 atom stereocenters. The van der Waals surface area contributed by atoms with Crippen LogP contribution in [0.3, 0.4) is 0 Å². The number of fused-ring (bicyclic) bond motifs is 1. The lowest BCUT2D eigenvalue weighted by Gasteiger charge is -2.02. The van der Waals surface area contributed by atoms with Crippen LogP contribution in [0.15, 0.2) is 18.2 Å². The molecule has 0 saturated carbocycles. The first-order valence-corrected chi connectivity index (χ1v) is 5.41. The van der Waals surface area contributed by atoms with E-state index < -0.39 is 0 Å². The first kappa shape index (κ1) is 10.8. The molecule has 0 aliphatic carbocycles. The van der Waals surface area contributed by atoms with Crippen molar-refractivity contribution in [1.82, 2.24) is 5.32 Å². The van der Waals surface area contributed by atoms with Gasteiger partial charge in [0.2, 0.25) is 0 Å². The lowest BCUT2D eigenvalue weighted by atomic mass is 10.0. The SMILES string of the molecule is NCc1ccc2c(c1)C#CCCNCC#C2. The standard InChI is InChI=1S/C14H14N2/c15-11-12-6-7-13-5-3-9-16-8-2-1-4-14(13)10-12/h6-7,10,16H,2,8-9,11,15H2. The van der Waals surface area contributed by atoms with Crippen molar-refractivity contribution in [3.05, 3.63) is 34.9 Å². The van der Waals surface area contributed by atoms with Gasteiger partial charge in [0.15, 0.2) is 0 Å². The molecule has 16 heavy (non-hydrogen) atoms. The highest BCUT2D eigenvalue weighted by atomic mass is 14.8. The van der Waals surface area contributed by atoms with E-state index in [1.165, 1.54) is 0 Å². The topological polar surface area (TPSA) is 38.0 Å². The van der Waals surface area contributed by atoms with Crippen molar-refractivity contribution in [2.24, 2.45) is 5.73 Å². The first-order chi connectivity index (χ1) is 7.90. The van der Waals surface area contributed by atoms with Gasteiger partial charge < -0.3 is 11.1 Å². The predicted molar refractivity (Wildman–Crippen MR) is 65.6 cm³/mol. The third-order valence-electron chi connectivity index (χ3n) is 2.41. The molecule has 0 saturated heterocycles. The van der Waals surface area contributed by atoms with Gasteiger partial charge >= 0.3 is 0 Å². The quantitative estimate of drug-likeness (QED) is 0.674. The average molecular weight is 210 g/mol. The Morgan fingerprint density at radius 3 is 2.94 bits per heavy atom. The largest absolute Gasteiger partial charge is 0.326 e. The lowest BCUT2D eigenvalue weighted by molar-refractivity contribution is 0.774. The maximum absolute atomic E-state index is 5.61. The first-order valence-electron chi connectivity index (χ1n) is 5.41. The summed E-state index contributed by atoms with van der Waals surface area (Å²) in [6, 6.07) is 6.04. The molecule has 0 bridgehead atoms. The molecule has 0 unspecified atom stereocenters. The molecule has 2 rings (SSSR count). The third-order valence-corrected chi connectivity index (χ3v) is 2.41. The van der Waals surface area contributed by atoms with Crippen molar-refractivity contribution < 1.29 is 0 Å². The molecular weight excluding hydrogens is 196 g/mol. The van der Waals surface area contributed by atoms with E-state index >= 15 is 0 Å². The fourth-order valence-electron chi connectivity index (χ4n) is 1.53. The highest BCUT2D eigenvalue weighted by Gasteiger charge is 1.99. The summed E-state index contributed by atoms with van der Waals surface area (Å²) in [6.45, 7) is 2.16. The Bertz CT molecular complexity index is 495. The Balaban J connectivity index is 2.43. The van der Waals surface area contributed by atoms with Crippen molar-refractivity contribution in [3.8, 4) is 23.7 Å². The highest BCUT2D eigenvalue weighted by Crippen LogP contribution is 2.10. The fraction of sp³-hybridized carbons (Fsp3) is 0.286. The Hall–Kier alpha value is -1.74. The molecule has 2 heteroatoms. The van der Waals surface area contributed by atoms with Gasteiger partial charge in [-0.25, -0.2) is 0 Å². The molecule has 0 fully saturated rings. The van der Waals surface area contributed by atoms with E-state index in [0.29, 0.717) is 6.54 Å². The summed E-state index contributed by atoms with van der Waals surface area (Å²) in [5, 5.41) is 3.21. The minimum Gasteiger partial charge on any atom is -0.326 e. The fourth-order valence-corrected chi connectivity index (χ4v) is 1.53. The van der Waals surface area contributed by atoms with Gasteiger partial charge in [-0.1, -0.05) is 29.7 Å². The summed E-state index contributed by atoms with van der Waals surface area (Å²) in [7, 11) is 0. The van der Waals surface area contributed by atoms with Gasteiger partial charge in [-0.05, 0) is 17.7 Å². The van der Waals surface area contributed by atoms with Crippen LogP contribution in [0.5, 0.6) is 0 Å². The van der Waals surface area contributed by atoms with E-state index in [2.05, 4.69) is 29.0 Å². The number of hydrogen-bond acceptors (Lipinski definition) is 2. The molecule has 1 aliphatic rings. The molecule has 2 nitrogen and oxygen atoms in total. The van der Waals surface area contributed by atoms with E-state index in [0.717, 1.165) is 36.2 Å². The van der Waals surface area contributed by atoms with Crippen molar-refractivity contribution >= 4 is 0 Å². The van der Waals surface area contributed by atoms with Gasteiger partial charge in [-0.2, -0.15) is 0 Å². The lowest BCUT2D eigenvalue weighted by Crippen LogP contribution is -2.15. The Labute approximate surface area is 96.2 Å². The van der Waals surface area contributed by atoms with Crippen LogP contribution in [0, 0.1) is 23.7 Å². The van der Waals surface area contributed by atoms with Crippen LogP contribution in [0.1, 0.15) is 23.1 Å². The molecule has 0 spiro atoms. The second-order valence-corrected chi connectivity index (χ2v) is 3.61. The van der Waals surface area contributed by atoms with Crippen LogP contribution in [0.4, 0.5) is 0 Å². The molecule has 0 radical (unpaired) electrons. The number of rotatable bonds is 1. The molecule has 1 aromatic rings. The normalized spacial score (nSPS) is 13.8. The van der Waals surface area contributed by atoms with Crippen LogP contribution in [0.25, 0.3) is 0 Å². The van der Waals surface area contributed by atoms with E-state index in [1.807, 2.05) is 18.2 Å². The summed E-state index contributed by atoms with van der Waals surface area (Å²) < 4.78 is 0. The second-order valence-electron chi connectivity index (χ2n) is 3.61. The van der Waals surface area contributed by atoms with E-state index in [1.54, 1.807) is 0 Å².